The Morgan fingerprint density at radius 2 is 1.81 bits per heavy atom. The standard InChI is InChI=1S/C19H26N4O4/c1-10(20)17(25)22-13(16(21)24)9-12-11-7-5-6-8-14(11)23(18(26)27)15(12)19(2,3)4/h5-8,10,13H,9,20H2,1-4H3,(H2,21,24)(H,22,25)(H,26,27)/t10-,13-/m0/s1. The van der Waals surface area contributed by atoms with Crippen LogP contribution in [0.15, 0.2) is 24.3 Å². The monoisotopic (exact) mass is 374 g/mol. The molecular weight excluding hydrogens is 348 g/mol. The lowest BCUT2D eigenvalue weighted by Gasteiger charge is -2.24. The minimum Gasteiger partial charge on any atom is -0.464 e. The first kappa shape index (κ1) is 20.4. The van der Waals surface area contributed by atoms with E-state index in [0.29, 0.717) is 22.2 Å². The van der Waals surface area contributed by atoms with Crippen LogP contribution < -0.4 is 16.8 Å². The van der Waals surface area contributed by atoms with Crippen LogP contribution in [-0.2, 0) is 21.4 Å². The van der Waals surface area contributed by atoms with Crippen molar-refractivity contribution in [3.63, 3.8) is 0 Å². The maximum absolute atomic E-state index is 12.0. The molecule has 0 bridgehead atoms. The number of nitrogens with zero attached hydrogens (tertiary/aromatic N) is 1. The third-order valence-corrected chi connectivity index (χ3v) is 4.36. The number of benzene rings is 1. The summed E-state index contributed by atoms with van der Waals surface area (Å²) < 4.78 is 1.23. The first-order valence-corrected chi connectivity index (χ1v) is 8.66. The van der Waals surface area contributed by atoms with Gasteiger partial charge in [0, 0.05) is 22.9 Å². The predicted octanol–water partition coefficient (Wildman–Crippen LogP) is 1.32. The molecule has 0 saturated heterocycles. The third kappa shape index (κ3) is 4.11. The van der Waals surface area contributed by atoms with Gasteiger partial charge in [-0.15, -0.1) is 0 Å². The zero-order valence-corrected chi connectivity index (χ0v) is 15.9. The largest absolute Gasteiger partial charge is 0.464 e. The molecule has 2 aromatic rings. The zero-order chi connectivity index (χ0) is 20.5. The second-order valence-electron chi connectivity index (χ2n) is 7.67. The van der Waals surface area contributed by atoms with Crippen molar-refractivity contribution >= 4 is 28.8 Å². The fraction of sp³-hybridized carbons (Fsp3) is 0.421. The van der Waals surface area contributed by atoms with Gasteiger partial charge in [-0.2, -0.15) is 0 Å². The average molecular weight is 374 g/mol. The minimum absolute atomic E-state index is 0.0706. The molecule has 27 heavy (non-hydrogen) atoms. The van der Waals surface area contributed by atoms with Crippen LogP contribution in [0.25, 0.3) is 10.9 Å². The average Bonchev–Trinajstić information content (AvgIpc) is 2.88. The van der Waals surface area contributed by atoms with Crippen molar-refractivity contribution in [1.29, 1.82) is 0 Å². The summed E-state index contributed by atoms with van der Waals surface area (Å²) in [5, 5.41) is 13.0. The predicted molar refractivity (Wildman–Crippen MR) is 103 cm³/mol. The molecule has 1 aromatic carbocycles. The van der Waals surface area contributed by atoms with Crippen molar-refractivity contribution < 1.29 is 19.5 Å². The molecular formula is C19H26N4O4. The number of amides is 2. The van der Waals surface area contributed by atoms with E-state index >= 15 is 0 Å². The van der Waals surface area contributed by atoms with Gasteiger partial charge >= 0.3 is 6.09 Å². The smallest absolute Gasteiger partial charge is 0.416 e. The van der Waals surface area contributed by atoms with Crippen LogP contribution in [0.2, 0.25) is 0 Å². The lowest BCUT2D eigenvalue weighted by Crippen LogP contribution is -2.50. The molecule has 0 unspecified atom stereocenters. The number of nitrogens with one attached hydrogen (secondary N) is 1. The molecule has 2 amide bonds. The van der Waals surface area contributed by atoms with Crippen LogP contribution in [0, 0.1) is 0 Å². The highest BCUT2D eigenvalue weighted by Gasteiger charge is 2.32. The Balaban J connectivity index is 2.67. The first-order valence-electron chi connectivity index (χ1n) is 8.66. The molecule has 2 rings (SSSR count). The van der Waals surface area contributed by atoms with Gasteiger partial charge in [0.2, 0.25) is 11.8 Å². The van der Waals surface area contributed by atoms with Crippen LogP contribution in [0.4, 0.5) is 4.79 Å². The van der Waals surface area contributed by atoms with Gasteiger partial charge in [0.25, 0.3) is 0 Å². The first-order chi connectivity index (χ1) is 12.4. The van der Waals surface area contributed by atoms with Crippen molar-refractivity contribution in [2.45, 2.75) is 51.6 Å². The number of aromatic nitrogens is 1. The normalized spacial score (nSPS) is 14.0. The molecule has 146 valence electrons. The van der Waals surface area contributed by atoms with Crippen molar-refractivity contribution in [3.8, 4) is 0 Å². The molecule has 0 fully saturated rings. The summed E-state index contributed by atoms with van der Waals surface area (Å²) in [5.41, 5.74) is 12.3. The van der Waals surface area contributed by atoms with E-state index in [1.54, 1.807) is 24.3 Å². The van der Waals surface area contributed by atoms with Gasteiger partial charge in [-0.05, 0) is 18.6 Å². The van der Waals surface area contributed by atoms with Gasteiger partial charge < -0.3 is 21.9 Å². The van der Waals surface area contributed by atoms with Crippen molar-refractivity contribution in [1.82, 2.24) is 9.88 Å². The number of para-hydroxylation sites is 1. The summed E-state index contributed by atoms with van der Waals surface area (Å²) in [5.74, 6) is -1.21. The molecule has 0 aliphatic carbocycles. The fourth-order valence-corrected chi connectivity index (χ4v) is 3.23. The Morgan fingerprint density at radius 3 is 2.30 bits per heavy atom. The van der Waals surface area contributed by atoms with E-state index in [1.807, 2.05) is 20.8 Å². The van der Waals surface area contributed by atoms with Crippen molar-refractivity contribution in [3.05, 3.63) is 35.5 Å². The summed E-state index contributed by atoms with van der Waals surface area (Å²) >= 11 is 0. The Bertz CT molecular complexity index is 893. The second-order valence-corrected chi connectivity index (χ2v) is 7.67. The van der Waals surface area contributed by atoms with Crippen LogP contribution >= 0.6 is 0 Å². The number of hydrogen-bond donors (Lipinski definition) is 4. The van der Waals surface area contributed by atoms with E-state index in [-0.39, 0.29) is 6.42 Å². The third-order valence-electron chi connectivity index (χ3n) is 4.36. The van der Waals surface area contributed by atoms with Gasteiger partial charge in [0.1, 0.15) is 6.04 Å². The number of primary amides is 1. The van der Waals surface area contributed by atoms with Crippen molar-refractivity contribution in [2.75, 3.05) is 0 Å². The molecule has 0 aliphatic heterocycles. The number of carbonyl (C=O) groups excluding carboxylic acids is 2. The van der Waals surface area contributed by atoms with Gasteiger partial charge in [-0.1, -0.05) is 39.0 Å². The lowest BCUT2D eigenvalue weighted by molar-refractivity contribution is -0.127. The topological polar surface area (TPSA) is 140 Å². The number of hydrogen-bond acceptors (Lipinski definition) is 4. The molecule has 0 radical (unpaired) electrons. The zero-order valence-electron chi connectivity index (χ0n) is 15.9. The summed E-state index contributed by atoms with van der Waals surface area (Å²) in [6.07, 6.45) is -1.04. The van der Waals surface area contributed by atoms with Crippen LogP contribution in [0.3, 0.4) is 0 Å². The maximum Gasteiger partial charge on any atom is 0.416 e. The van der Waals surface area contributed by atoms with E-state index < -0.39 is 35.4 Å². The molecule has 1 aromatic heterocycles. The molecule has 6 N–H and O–H groups in total. The Morgan fingerprint density at radius 1 is 1.22 bits per heavy atom. The minimum atomic E-state index is -1.11. The van der Waals surface area contributed by atoms with E-state index in [1.165, 1.54) is 11.5 Å². The van der Waals surface area contributed by atoms with Crippen LogP contribution in [0.1, 0.15) is 39.0 Å². The van der Waals surface area contributed by atoms with Gasteiger partial charge in [0.05, 0.1) is 11.6 Å². The Labute approximate surface area is 157 Å². The van der Waals surface area contributed by atoms with Crippen LogP contribution in [0.5, 0.6) is 0 Å². The molecule has 8 nitrogen and oxygen atoms in total. The summed E-state index contributed by atoms with van der Waals surface area (Å²) in [6, 6.07) is 5.25. The Hall–Kier alpha value is -2.87. The number of rotatable bonds is 5. The fourth-order valence-electron chi connectivity index (χ4n) is 3.23. The van der Waals surface area contributed by atoms with E-state index in [9.17, 15) is 19.5 Å². The molecule has 0 saturated carbocycles. The number of carboxylic acid groups (broad SMARTS) is 1. The molecule has 2 atom stereocenters. The summed E-state index contributed by atoms with van der Waals surface area (Å²) in [4.78, 5) is 35.9. The van der Waals surface area contributed by atoms with Crippen molar-refractivity contribution in [2.24, 2.45) is 11.5 Å². The number of carbonyl (C=O) groups is 3. The highest BCUT2D eigenvalue weighted by Crippen LogP contribution is 2.35. The second kappa shape index (κ2) is 7.40. The van der Waals surface area contributed by atoms with E-state index in [4.69, 9.17) is 11.5 Å². The molecule has 1 heterocycles. The Kier molecular flexibility index (Phi) is 5.60. The van der Waals surface area contributed by atoms with Gasteiger partial charge in [-0.25, -0.2) is 9.36 Å². The quantitative estimate of drug-likeness (QED) is 0.625. The van der Waals surface area contributed by atoms with Gasteiger partial charge in [0.15, 0.2) is 0 Å². The lowest BCUT2D eigenvalue weighted by atomic mass is 9.86. The summed E-state index contributed by atoms with van der Waals surface area (Å²) in [6.45, 7) is 7.18. The summed E-state index contributed by atoms with van der Waals surface area (Å²) in [7, 11) is 0. The molecule has 0 aliphatic rings. The highest BCUT2D eigenvalue weighted by molar-refractivity contribution is 5.95. The highest BCUT2D eigenvalue weighted by atomic mass is 16.4. The maximum atomic E-state index is 12.0. The van der Waals surface area contributed by atoms with E-state index in [0.717, 1.165) is 0 Å². The molecule has 8 heteroatoms. The van der Waals surface area contributed by atoms with Crippen LogP contribution in [-0.4, -0.2) is 39.7 Å². The van der Waals surface area contributed by atoms with E-state index in [2.05, 4.69) is 5.32 Å². The van der Waals surface area contributed by atoms with Gasteiger partial charge in [-0.3, -0.25) is 9.59 Å². The molecule has 0 spiro atoms. The number of fused-ring (bicyclic) bond motifs is 1. The number of nitrogens with two attached hydrogens (primary N) is 2. The SMILES string of the molecule is C[C@H](N)C(=O)N[C@@H](Cc1c(C(C)(C)C)n(C(=O)O)c2ccccc12)C(N)=O.